The highest BCUT2D eigenvalue weighted by molar-refractivity contribution is 9.10. The standard InChI is InChI=1S/C28H28BrF5N4O3S/c1-5-22(39)37-13(2)9-36(10-14(37)3)26-17-6-18(28(32,33)34)23(16-7-19(29)21(31)8-20(16)30)25-24(17)38(27(40)35-26)15(11-41-4)12-42-25/h5-8,13-15,27,40H,1,9-12H2,2-4H3/t13-,14+,15-,27?/m0/s1. The predicted octanol–water partition coefficient (Wildman–Crippen LogP) is 5.48. The lowest BCUT2D eigenvalue weighted by Crippen LogP contribution is -2.61. The Labute approximate surface area is 252 Å². The van der Waals surface area contributed by atoms with Crippen LogP contribution in [-0.4, -0.2) is 83.7 Å². The first-order valence-electron chi connectivity index (χ1n) is 13.1. The van der Waals surface area contributed by atoms with Crippen LogP contribution >= 0.6 is 27.7 Å². The van der Waals surface area contributed by atoms with Gasteiger partial charge in [0.25, 0.3) is 0 Å². The van der Waals surface area contributed by atoms with E-state index in [1.165, 1.54) is 18.1 Å². The van der Waals surface area contributed by atoms with E-state index >= 15 is 4.39 Å². The molecule has 1 unspecified atom stereocenters. The summed E-state index contributed by atoms with van der Waals surface area (Å²) in [6.07, 6.45) is -5.17. The third-order valence-corrected chi connectivity index (χ3v) is 9.49. The number of hydrogen-bond acceptors (Lipinski definition) is 7. The maximum Gasteiger partial charge on any atom is 0.417 e. The summed E-state index contributed by atoms with van der Waals surface area (Å²) in [5.41, 5.74) is -1.61. The maximum atomic E-state index is 15.2. The van der Waals surface area contributed by atoms with Crippen molar-refractivity contribution in [2.75, 3.05) is 37.5 Å². The fourth-order valence-corrected chi connectivity index (χ4v) is 7.69. The molecule has 3 aliphatic rings. The molecule has 1 amide bonds. The Balaban J connectivity index is 1.76. The zero-order valence-electron chi connectivity index (χ0n) is 22.9. The quantitative estimate of drug-likeness (QED) is 0.263. The Kier molecular flexibility index (Phi) is 8.38. The van der Waals surface area contributed by atoms with Gasteiger partial charge in [-0.05, 0) is 48.0 Å². The number of piperazine rings is 1. The Morgan fingerprint density at radius 2 is 1.86 bits per heavy atom. The Morgan fingerprint density at radius 1 is 1.19 bits per heavy atom. The fraction of sp³-hybridized carbons (Fsp3) is 0.429. The lowest BCUT2D eigenvalue weighted by molar-refractivity contribution is -0.137. The van der Waals surface area contributed by atoms with Crippen molar-refractivity contribution in [3.63, 3.8) is 0 Å². The molecule has 226 valence electrons. The van der Waals surface area contributed by atoms with Gasteiger partial charge in [-0.15, -0.1) is 11.8 Å². The van der Waals surface area contributed by atoms with E-state index in [0.717, 1.165) is 23.9 Å². The van der Waals surface area contributed by atoms with E-state index in [9.17, 15) is 27.5 Å². The van der Waals surface area contributed by atoms with E-state index in [1.54, 1.807) is 9.80 Å². The van der Waals surface area contributed by atoms with Crippen molar-refractivity contribution >= 4 is 45.1 Å². The molecule has 0 aliphatic carbocycles. The van der Waals surface area contributed by atoms with Crippen LogP contribution in [0.1, 0.15) is 25.0 Å². The average molecular weight is 676 g/mol. The number of amidine groups is 1. The summed E-state index contributed by atoms with van der Waals surface area (Å²) in [6, 6.07) is 1.33. The van der Waals surface area contributed by atoms with Crippen LogP contribution in [0.5, 0.6) is 0 Å². The number of benzene rings is 2. The highest BCUT2D eigenvalue weighted by atomic mass is 79.9. The highest BCUT2D eigenvalue weighted by Gasteiger charge is 2.46. The summed E-state index contributed by atoms with van der Waals surface area (Å²) >= 11 is 4.06. The number of thioether (sulfide) groups is 1. The lowest BCUT2D eigenvalue weighted by atomic mass is 9.92. The topological polar surface area (TPSA) is 68.6 Å². The number of anilines is 1. The first-order valence-corrected chi connectivity index (χ1v) is 14.8. The Morgan fingerprint density at radius 3 is 2.45 bits per heavy atom. The number of carbonyl (C=O) groups is 1. The van der Waals surface area contributed by atoms with Crippen molar-refractivity contribution in [3.8, 4) is 11.1 Å². The van der Waals surface area contributed by atoms with Crippen molar-refractivity contribution < 1.29 is 36.6 Å². The summed E-state index contributed by atoms with van der Waals surface area (Å²) in [6.45, 7) is 7.81. The van der Waals surface area contributed by atoms with Gasteiger partial charge >= 0.3 is 6.18 Å². The largest absolute Gasteiger partial charge is 0.417 e. The van der Waals surface area contributed by atoms with Crippen LogP contribution in [0, 0.1) is 11.6 Å². The van der Waals surface area contributed by atoms with Crippen LogP contribution < -0.4 is 4.90 Å². The smallest absolute Gasteiger partial charge is 0.383 e. The minimum Gasteiger partial charge on any atom is -0.383 e. The molecule has 0 bridgehead atoms. The number of carbonyl (C=O) groups excluding carboxylic acids is 1. The van der Waals surface area contributed by atoms with Gasteiger partial charge in [-0.2, -0.15) is 13.2 Å². The van der Waals surface area contributed by atoms with E-state index in [0.29, 0.717) is 6.07 Å². The Bertz CT molecular complexity index is 1460. The second-order valence-electron chi connectivity index (χ2n) is 10.4. The lowest BCUT2D eigenvalue weighted by Gasteiger charge is -2.49. The van der Waals surface area contributed by atoms with Crippen molar-refractivity contribution in [3.05, 3.63) is 58.1 Å². The minimum atomic E-state index is -4.92. The zero-order chi connectivity index (χ0) is 30.7. The molecule has 2 aromatic carbocycles. The van der Waals surface area contributed by atoms with E-state index in [1.807, 2.05) is 13.8 Å². The van der Waals surface area contributed by atoms with Gasteiger partial charge in [0, 0.05) is 65.7 Å². The SMILES string of the molecule is C=CC(=O)N1[C@H](C)CN(C2=NC(O)N3c4c2cc(C(F)(F)F)c(-c2cc(Br)c(F)cc2F)c4SC[C@@H]3COC)C[C@@H]1C. The summed E-state index contributed by atoms with van der Waals surface area (Å²) in [5, 5.41) is 11.3. The molecular weight excluding hydrogens is 647 g/mol. The molecule has 0 spiro atoms. The molecule has 1 saturated heterocycles. The molecule has 3 heterocycles. The number of hydrogen-bond donors (Lipinski definition) is 1. The first-order chi connectivity index (χ1) is 19.8. The van der Waals surface area contributed by atoms with Gasteiger partial charge < -0.3 is 24.5 Å². The number of halogens is 6. The molecule has 0 radical (unpaired) electrons. The normalized spacial score (nSPS) is 24.0. The monoisotopic (exact) mass is 674 g/mol. The maximum absolute atomic E-state index is 15.2. The molecule has 0 aromatic heterocycles. The van der Waals surface area contributed by atoms with Crippen molar-refractivity contribution in [1.82, 2.24) is 9.80 Å². The number of ether oxygens (including phenoxy) is 1. The second kappa shape index (κ2) is 11.4. The van der Waals surface area contributed by atoms with E-state index < -0.39 is 46.9 Å². The van der Waals surface area contributed by atoms with Crippen LogP contribution in [0.25, 0.3) is 11.1 Å². The molecule has 2 aromatic rings. The number of aliphatic imine (C=N–C) groups is 1. The van der Waals surface area contributed by atoms with Crippen LogP contribution in [-0.2, 0) is 15.7 Å². The fourth-order valence-electron chi connectivity index (χ4n) is 6.02. The number of alkyl halides is 3. The molecule has 5 rings (SSSR count). The summed E-state index contributed by atoms with van der Waals surface area (Å²) in [4.78, 5) is 21.9. The molecule has 1 N–H and O–H groups in total. The molecular formula is C28H28BrF5N4O3S. The Hall–Kier alpha value is -2.68. The number of aliphatic hydroxyl groups excluding tert-OH is 1. The molecule has 14 heteroatoms. The van der Waals surface area contributed by atoms with E-state index in [-0.39, 0.29) is 69.9 Å². The third kappa shape index (κ3) is 5.20. The van der Waals surface area contributed by atoms with E-state index in [4.69, 9.17) is 4.74 Å². The molecule has 3 aliphatic heterocycles. The minimum absolute atomic E-state index is 0.0950. The summed E-state index contributed by atoms with van der Waals surface area (Å²) in [5.74, 6) is -2.01. The average Bonchev–Trinajstić information content (AvgIpc) is 2.91. The van der Waals surface area contributed by atoms with Gasteiger partial charge in [-0.3, -0.25) is 4.79 Å². The number of aliphatic hydroxyl groups is 1. The van der Waals surface area contributed by atoms with Crippen molar-refractivity contribution in [2.45, 2.75) is 49.4 Å². The molecule has 42 heavy (non-hydrogen) atoms. The van der Waals surface area contributed by atoms with Crippen LogP contribution in [0.2, 0.25) is 0 Å². The number of methoxy groups -OCH3 is 1. The van der Waals surface area contributed by atoms with Gasteiger partial charge in [-0.25, -0.2) is 13.8 Å². The first kappa shape index (κ1) is 30.8. The zero-order valence-corrected chi connectivity index (χ0v) is 25.3. The summed E-state index contributed by atoms with van der Waals surface area (Å²) in [7, 11) is 1.47. The second-order valence-corrected chi connectivity index (χ2v) is 12.3. The van der Waals surface area contributed by atoms with Crippen molar-refractivity contribution in [2.24, 2.45) is 4.99 Å². The molecule has 7 nitrogen and oxygen atoms in total. The van der Waals surface area contributed by atoms with Gasteiger partial charge in [0.15, 0.2) is 0 Å². The van der Waals surface area contributed by atoms with Gasteiger partial charge in [0.1, 0.15) is 17.5 Å². The molecule has 0 saturated carbocycles. The number of rotatable bonds is 4. The van der Waals surface area contributed by atoms with E-state index in [2.05, 4.69) is 27.5 Å². The van der Waals surface area contributed by atoms with Crippen LogP contribution in [0.4, 0.5) is 27.6 Å². The van der Waals surface area contributed by atoms with Gasteiger partial charge in [0.05, 0.1) is 28.4 Å². The molecule has 4 atom stereocenters. The number of amides is 1. The third-order valence-electron chi connectivity index (χ3n) is 7.65. The highest BCUT2D eigenvalue weighted by Crippen LogP contribution is 2.53. The van der Waals surface area contributed by atoms with Crippen LogP contribution in [0.15, 0.2) is 45.2 Å². The predicted molar refractivity (Wildman–Crippen MR) is 153 cm³/mol. The van der Waals surface area contributed by atoms with Gasteiger partial charge in [0.2, 0.25) is 12.3 Å². The van der Waals surface area contributed by atoms with Crippen LogP contribution in [0.3, 0.4) is 0 Å². The number of nitrogens with zero attached hydrogens (tertiary/aromatic N) is 4. The van der Waals surface area contributed by atoms with Gasteiger partial charge in [-0.1, -0.05) is 6.58 Å². The van der Waals surface area contributed by atoms with Crippen molar-refractivity contribution in [1.29, 1.82) is 0 Å². The summed E-state index contributed by atoms with van der Waals surface area (Å²) < 4.78 is 78.8. The molecule has 1 fully saturated rings.